The van der Waals surface area contributed by atoms with Gasteiger partial charge in [0, 0.05) is 24.7 Å². The molecule has 0 radical (unpaired) electrons. The fourth-order valence-corrected chi connectivity index (χ4v) is 3.59. The van der Waals surface area contributed by atoms with Crippen LogP contribution in [0.3, 0.4) is 0 Å². The number of aromatic amines is 1. The van der Waals surface area contributed by atoms with Crippen molar-refractivity contribution in [1.82, 2.24) is 15.2 Å². The molecule has 7 heteroatoms. The van der Waals surface area contributed by atoms with Crippen LogP contribution >= 0.6 is 12.2 Å². The van der Waals surface area contributed by atoms with Crippen LogP contribution < -0.4 is 20.3 Å². The molecule has 2 heterocycles. The number of rotatable bonds is 4. The van der Waals surface area contributed by atoms with Crippen LogP contribution in [0.25, 0.3) is 10.9 Å². The lowest BCUT2D eigenvalue weighted by molar-refractivity contribution is 0.174. The maximum Gasteiger partial charge on any atom is 0.253 e. The minimum Gasteiger partial charge on any atom is -0.454 e. The van der Waals surface area contributed by atoms with E-state index < -0.39 is 0 Å². The zero-order valence-electron chi connectivity index (χ0n) is 16.7. The minimum atomic E-state index is -0.102. The molecule has 0 saturated heterocycles. The second kappa shape index (κ2) is 7.75. The Morgan fingerprint density at radius 1 is 1.10 bits per heavy atom. The number of aromatic nitrogens is 1. The van der Waals surface area contributed by atoms with Gasteiger partial charge in [0.1, 0.15) is 0 Å². The number of thiocarbonyl (C=S) groups is 1. The van der Waals surface area contributed by atoms with Gasteiger partial charge in [-0.25, -0.2) is 0 Å². The molecule has 0 aliphatic carbocycles. The van der Waals surface area contributed by atoms with Crippen molar-refractivity contribution in [2.45, 2.75) is 26.9 Å². The third-order valence-electron chi connectivity index (χ3n) is 5.21. The molecule has 4 rings (SSSR count). The lowest BCUT2D eigenvalue weighted by Crippen LogP contribution is -2.38. The standard InChI is InChI=1S/C22H23N3O3S/c1-13-6-16-9-17(21(26)24-18(16)7-14(13)2)11-25(22(29)23-3)10-15-4-5-19-20(8-15)28-12-27-19/h4-9H,10-12H2,1-3H3,(H,23,29)(H,24,26). The first-order valence-electron chi connectivity index (χ1n) is 9.43. The summed E-state index contributed by atoms with van der Waals surface area (Å²) in [5.41, 5.74) is 4.78. The van der Waals surface area contributed by atoms with Gasteiger partial charge in [0.2, 0.25) is 6.79 Å². The van der Waals surface area contributed by atoms with Crippen LogP contribution in [0.2, 0.25) is 0 Å². The molecule has 1 aromatic heterocycles. The zero-order chi connectivity index (χ0) is 20.5. The molecular formula is C22H23N3O3S. The fourth-order valence-electron chi connectivity index (χ4n) is 3.46. The van der Waals surface area contributed by atoms with Gasteiger partial charge < -0.3 is 24.7 Å². The lowest BCUT2D eigenvalue weighted by Gasteiger charge is -2.25. The number of pyridine rings is 1. The number of ether oxygens (including phenoxy) is 2. The first-order chi connectivity index (χ1) is 13.9. The highest BCUT2D eigenvalue weighted by atomic mass is 32.1. The third kappa shape index (κ3) is 3.91. The molecule has 0 bridgehead atoms. The topological polar surface area (TPSA) is 66.6 Å². The number of H-pyrrole nitrogens is 1. The predicted molar refractivity (Wildman–Crippen MR) is 118 cm³/mol. The van der Waals surface area contributed by atoms with Crippen molar-refractivity contribution in [1.29, 1.82) is 0 Å². The number of benzene rings is 2. The number of hydrogen-bond donors (Lipinski definition) is 2. The highest BCUT2D eigenvalue weighted by Crippen LogP contribution is 2.33. The lowest BCUT2D eigenvalue weighted by atomic mass is 10.0. The van der Waals surface area contributed by atoms with Gasteiger partial charge in [-0.15, -0.1) is 0 Å². The molecule has 0 amide bonds. The normalized spacial score (nSPS) is 12.2. The van der Waals surface area contributed by atoms with Crippen molar-refractivity contribution < 1.29 is 9.47 Å². The van der Waals surface area contributed by atoms with E-state index in [0.717, 1.165) is 33.5 Å². The Morgan fingerprint density at radius 2 is 1.86 bits per heavy atom. The summed E-state index contributed by atoms with van der Waals surface area (Å²) < 4.78 is 10.8. The van der Waals surface area contributed by atoms with Gasteiger partial charge in [-0.1, -0.05) is 6.07 Å². The third-order valence-corrected chi connectivity index (χ3v) is 5.67. The largest absolute Gasteiger partial charge is 0.454 e. The molecule has 29 heavy (non-hydrogen) atoms. The van der Waals surface area contributed by atoms with E-state index in [4.69, 9.17) is 21.7 Å². The number of fused-ring (bicyclic) bond motifs is 2. The van der Waals surface area contributed by atoms with Crippen LogP contribution in [-0.2, 0) is 13.1 Å². The molecule has 1 aliphatic heterocycles. The van der Waals surface area contributed by atoms with E-state index >= 15 is 0 Å². The van der Waals surface area contributed by atoms with Crippen molar-refractivity contribution >= 4 is 28.2 Å². The Balaban J connectivity index is 1.64. The van der Waals surface area contributed by atoms with E-state index in [1.54, 1.807) is 7.05 Å². The van der Waals surface area contributed by atoms with Gasteiger partial charge >= 0.3 is 0 Å². The maximum atomic E-state index is 12.7. The van der Waals surface area contributed by atoms with Gasteiger partial charge in [0.25, 0.3) is 5.56 Å². The minimum absolute atomic E-state index is 0.102. The van der Waals surface area contributed by atoms with Gasteiger partial charge in [0.05, 0.1) is 6.54 Å². The van der Waals surface area contributed by atoms with Crippen LogP contribution in [0.5, 0.6) is 11.5 Å². The average Bonchev–Trinajstić information content (AvgIpc) is 3.17. The summed E-state index contributed by atoms with van der Waals surface area (Å²) >= 11 is 5.50. The summed E-state index contributed by atoms with van der Waals surface area (Å²) in [6.45, 7) is 5.29. The van der Waals surface area contributed by atoms with Gasteiger partial charge in [0.15, 0.2) is 16.6 Å². The summed E-state index contributed by atoms with van der Waals surface area (Å²) in [6, 6.07) is 11.9. The summed E-state index contributed by atoms with van der Waals surface area (Å²) in [4.78, 5) is 17.7. The Morgan fingerprint density at radius 3 is 2.66 bits per heavy atom. The summed E-state index contributed by atoms with van der Waals surface area (Å²) in [5, 5.41) is 4.61. The van der Waals surface area contributed by atoms with E-state index in [2.05, 4.69) is 23.3 Å². The van der Waals surface area contributed by atoms with Crippen LogP contribution in [0.4, 0.5) is 0 Å². The monoisotopic (exact) mass is 409 g/mol. The molecule has 0 saturated carbocycles. The summed E-state index contributed by atoms with van der Waals surface area (Å²) in [7, 11) is 1.78. The average molecular weight is 410 g/mol. The number of nitrogens with zero attached hydrogens (tertiary/aromatic N) is 1. The van der Waals surface area contributed by atoms with Gasteiger partial charge in [-0.2, -0.15) is 0 Å². The summed E-state index contributed by atoms with van der Waals surface area (Å²) in [5.74, 6) is 1.47. The van der Waals surface area contributed by atoms with Crippen LogP contribution in [-0.4, -0.2) is 28.8 Å². The highest BCUT2D eigenvalue weighted by molar-refractivity contribution is 7.80. The molecule has 2 N–H and O–H groups in total. The molecule has 6 nitrogen and oxygen atoms in total. The van der Waals surface area contributed by atoms with Crippen molar-refractivity contribution in [3.63, 3.8) is 0 Å². The second-order valence-electron chi connectivity index (χ2n) is 7.25. The zero-order valence-corrected chi connectivity index (χ0v) is 17.5. The fraction of sp³-hybridized carbons (Fsp3) is 0.273. The van der Waals surface area contributed by atoms with Crippen LogP contribution in [0, 0.1) is 13.8 Å². The van der Waals surface area contributed by atoms with E-state index in [0.29, 0.717) is 23.8 Å². The first-order valence-corrected chi connectivity index (χ1v) is 9.84. The number of nitrogens with one attached hydrogen (secondary N) is 2. The first kappa shape index (κ1) is 19.3. The Kier molecular flexibility index (Phi) is 5.15. The van der Waals surface area contributed by atoms with Crippen LogP contribution in [0.15, 0.2) is 41.2 Å². The van der Waals surface area contributed by atoms with E-state index in [9.17, 15) is 4.79 Å². The molecule has 0 atom stereocenters. The maximum absolute atomic E-state index is 12.7. The molecule has 1 aliphatic rings. The van der Waals surface area contributed by atoms with E-state index in [1.807, 2.05) is 42.2 Å². The number of aryl methyl sites for hydroxylation is 2. The molecule has 150 valence electrons. The van der Waals surface area contributed by atoms with E-state index in [1.165, 1.54) is 5.56 Å². The van der Waals surface area contributed by atoms with Gasteiger partial charge in [-0.05, 0) is 78.5 Å². The second-order valence-corrected chi connectivity index (χ2v) is 7.63. The van der Waals surface area contributed by atoms with E-state index in [-0.39, 0.29) is 12.4 Å². The molecule has 0 spiro atoms. The van der Waals surface area contributed by atoms with Crippen molar-refractivity contribution in [3.8, 4) is 11.5 Å². The molecular weight excluding hydrogens is 386 g/mol. The molecule has 0 unspecified atom stereocenters. The van der Waals surface area contributed by atoms with Crippen molar-refractivity contribution in [2.75, 3.05) is 13.8 Å². The number of hydrogen-bond acceptors (Lipinski definition) is 4. The predicted octanol–water partition coefficient (Wildman–Crippen LogP) is 3.38. The summed E-state index contributed by atoms with van der Waals surface area (Å²) in [6.07, 6.45) is 0. The molecule has 2 aromatic carbocycles. The van der Waals surface area contributed by atoms with Gasteiger partial charge in [-0.3, -0.25) is 4.79 Å². The van der Waals surface area contributed by atoms with Crippen molar-refractivity contribution in [3.05, 3.63) is 69.0 Å². The Bertz CT molecular complexity index is 1160. The Labute approximate surface area is 174 Å². The quantitative estimate of drug-likeness (QED) is 0.644. The van der Waals surface area contributed by atoms with Crippen LogP contribution in [0.1, 0.15) is 22.3 Å². The highest BCUT2D eigenvalue weighted by Gasteiger charge is 2.17. The molecule has 0 fully saturated rings. The SMILES string of the molecule is CNC(=S)N(Cc1ccc2c(c1)OCO2)Cc1cc2cc(C)c(C)cc2[nH]c1=O. The molecule has 3 aromatic rings. The smallest absolute Gasteiger partial charge is 0.253 e. The van der Waals surface area contributed by atoms with Crippen molar-refractivity contribution in [2.24, 2.45) is 0 Å². The Hall–Kier alpha value is -3.06.